The maximum atomic E-state index is 13.8. The lowest BCUT2D eigenvalue weighted by atomic mass is 9.96. The maximum Gasteiger partial charge on any atom is 0.433 e. The number of rotatable bonds is 7. The Morgan fingerprint density at radius 2 is 1.84 bits per heavy atom. The highest BCUT2D eigenvalue weighted by atomic mass is 35.5. The predicted octanol–water partition coefficient (Wildman–Crippen LogP) is 6.52. The molecule has 4 heterocycles. The summed E-state index contributed by atoms with van der Waals surface area (Å²) in [5, 5.41) is 21.4. The van der Waals surface area contributed by atoms with E-state index in [1.807, 2.05) is 37.3 Å². The molecule has 50 heavy (non-hydrogen) atoms. The smallest absolute Gasteiger partial charge is 0.433 e. The number of aromatic nitrogens is 4. The summed E-state index contributed by atoms with van der Waals surface area (Å²) in [5.74, 6) is 0.256. The second kappa shape index (κ2) is 13.3. The lowest BCUT2D eigenvalue weighted by molar-refractivity contribution is -0.141. The number of nitrogens with zero attached hydrogens (tertiary/aromatic N) is 4. The van der Waals surface area contributed by atoms with Crippen molar-refractivity contribution in [1.82, 2.24) is 25.1 Å². The first-order chi connectivity index (χ1) is 23.9. The van der Waals surface area contributed by atoms with Gasteiger partial charge in [-0.25, -0.2) is 14.6 Å². The Balaban J connectivity index is 1.25. The minimum Gasteiger partial charge on any atom is -0.481 e. The molecule has 0 spiro atoms. The van der Waals surface area contributed by atoms with Crippen LogP contribution in [0.1, 0.15) is 41.3 Å². The number of methoxy groups -OCH3 is 1. The molecule has 1 aliphatic heterocycles. The molecule has 7 rings (SSSR count). The summed E-state index contributed by atoms with van der Waals surface area (Å²) in [6.07, 6.45) is -1.79. The number of pyridine rings is 2. The summed E-state index contributed by atoms with van der Waals surface area (Å²) in [6.45, 7) is 2.71. The Kier molecular flexibility index (Phi) is 9.01. The Morgan fingerprint density at radius 3 is 2.60 bits per heavy atom. The number of nitrogens with one attached hydrogen (secondary N) is 2. The first kappa shape index (κ1) is 33.9. The van der Waals surface area contributed by atoms with Gasteiger partial charge in [0.2, 0.25) is 5.88 Å². The number of benzene rings is 2. The Morgan fingerprint density at radius 1 is 1.08 bits per heavy atom. The van der Waals surface area contributed by atoms with E-state index in [4.69, 9.17) is 26.1 Å². The van der Waals surface area contributed by atoms with Gasteiger partial charge in [-0.05, 0) is 61.1 Å². The number of aryl methyl sites for hydroxylation is 2. The van der Waals surface area contributed by atoms with Crippen molar-refractivity contribution >= 4 is 33.9 Å². The SMILES string of the molecule is COc1nc(-c2cccc(-c3cccc(Nc4nc(C(F)(F)F)cc5cnn(C)c(=O)c45)c3C)c2Cl)cc2c1[C@@H](N[C@@H]1CCOC[C@@H]1O)CC2. The van der Waals surface area contributed by atoms with Crippen molar-refractivity contribution in [3.63, 3.8) is 0 Å². The van der Waals surface area contributed by atoms with Gasteiger partial charge >= 0.3 is 6.18 Å². The average Bonchev–Trinajstić information content (AvgIpc) is 3.50. The summed E-state index contributed by atoms with van der Waals surface area (Å²) >= 11 is 7.13. The minimum atomic E-state index is -4.74. The van der Waals surface area contributed by atoms with E-state index in [0.717, 1.165) is 40.3 Å². The number of alkyl halides is 3. The number of aliphatic hydroxyl groups is 1. The zero-order chi connectivity index (χ0) is 35.3. The van der Waals surface area contributed by atoms with Crippen LogP contribution in [0.2, 0.25) is 5.02 Å². The van der Waals surface area contributed by atoms with Crippen LogP contribution in [0.4, 0.5) is 24.7 Å². The molecule has 0 amide bonds. The third-order valence-corrected chi connectivity index (χ3v) is 9.87. The van der Waals surface area contributed by atoms with Gasteiger partial charge in [-0.1, -0.05) is 41.9 Å². The van der Waals surface area contributed by atoms with E-state index in [1.54, 1.807) is 19.2 Å². The molecule has 2 aliphatic rings. The minimum absolute atomic E-state index is 0.0154. The second-order valence-corrected chi connectivity index (χ2v) is 12.9. The predicted molar refractivity (Wildman–Crippen MR) is 184 cm³/mol. The fourth-order valence-corrected chi connectivity index (χ4v) is 7.18. The molecule has 3 N–H and O–H groups in total. The van der Waals surface area contributed by atoms with Crippen LogP contribution in [-0.4, -0.2) is 57.3 Å². The van der Waals surface area contributed by atoms with E-state index in [0.29, 0.717) is 58.6 Å². The van der Waals surface area contributed by atoms with E-state index >= 15 is 0 Å². The first-order valence-electron chi connectivity index (χ1n) is 16.1. The van der Waals surface area contributed by atoms with Gasteiger partial charge in [0.25, 0.3) is 5.56 Å². The van der Waals surface area contributed by atoms with E-state index in [9.17, 15) is 23.1 Å². The van der Waals surface area contributed by atoms with Gasteiger partial charge in [0.15, 0.2) is 0 Å². The normalized spacial score (nSPS) is 19.1. The molecule has 0 saturated carbocycles. The second-order valence-electron chi connectivity index (χ2n) is 12.5. The summed E-state index contributed by atoms with van der Waals surface area (Å²) in [4.78, 5) is 21.7. The summed E-state index contributed by atoms with van der Waals surface area (Å²) in [7, 11) is 3.00. The van der Waals surface area contributed by atoms with Crippen LogP contribution < -0.4 is 20.9 Å². The third-order valence-electron chi connectivity index (χ3n) is 9.46. The van der Waals surface area contributed by atoms with E-state index in [-0.39, 0.29) is 28.7 Å². The monoisotopic (exact) mass is 706 g/mol. The highest BCUT2D eigenvalue weighted by Gasteiger charge is 2.35. The van der Waals surface area contributed by atoms with Crippen LogP contribution in [0.3, 0.4) is 0 Å². The topological polar surface area (TPSA) is 123 Å². The van der Waals surface area contributed by atoms with Gasteiger partial charge in [0, 0.05) is 53.5 Å². The van der Waals surface area contributed by atoms with Crippen molar-refractivity contribution in [2.75, 3.05) is 25.6 Å². The van der Waals surface area contributed by atoms with Crippen molar-refractivity contribution in [3.05, 3.63) is 92.5 Å². The highest BCUT2D eigenvalue weighted by Crippen LogP contribution is 2.44. The van der Waals surface area contributed by atoms with Gasteiger partial charge < -0.3 is 25.2 Å². The van der Waals surface area contributed by atoms with Gasteiger partial charge in [0.05, 0.1) is 42.1 Å². The van der Waals surface area contributed by atoms with Crippen molar-refractivity contribution in [3.8, 4) is 28.3 Å². The van der Waals surface area contributed by atoms with Gasteiger partial charge in [-0.15, -0.1) is 0 Å². The molecule has 2 aromatic carbocycles. The number of ether oxygens (including phenoxy) is 2. The molecule has 0 radical (unpaired) electrons. The fourth-order valence-electron chi connectivity index (χ4n) is 6.86. The first-order valence-corrected chi connectivity index (χ1v) is 16.5. The zero-order valence-electron chi connectivity index (χ0n) is 27.4. The molecule has 0 unspecified atom stereocenters. The van der Waals surface area contributed by atoms with Crippen LogP contribution in [-0.2, 0) is 24.4 Å². The Bertz CT molecular complexity index is 2180. The molecule has 5 aromatic rings. The van der Waals surface area contributed by atoms with Crippen molar-refractivity contribution in [1.29, 1.82) is 0 Å². The number of fused-ring (bicyclic) bond motifs is 2. The van der Waals surface area contributed by atoms with E-state index < -0.39 is 23.5 Å². The molecule has 260 valence electrons. The van der Waals surface area contributed by atoms with Gasteiger partial charge in [-0.2, -0.15) is 18.3 Å². The number of hydrogen-bond acceptors (Lipinski definition) is 9. The van der Waals surface area contributed by atoms with Crippen molar-refractivity contribution in [2.24, 2.45) is 7.05 Å². The highest BCUT2D eigenvalue weighted by molar-refractivity contribution is 6.36. The molecule has 1 fully saturated rings. The number of anilines is 2. The van der Waals surface area contributed by atoms with Crippen LogP contribution in [0.15, 0.2) is 59.5 Å². The van der Waals surface area contributed by atoms with E-state index in [1.165, 1.54) is 13.2 Å². The van der Waals surface area contributed by atoms with Crippen molar-refractivity contribution in [2.45, 2.75) is 50.6 Å². The zero-order valence-corrected chi connectivity index (χ0v) is 28.2. The van der Waals surface area contributed by atoms with Gasteiger partial charge in [-0.3, -0.25) is 4.79 Å². The van der Waals surface area contributed by atoms with Crippen LogP contribution in [0, 0.1) is 6.92 Å². The van der Waals surface area contributed by atoms with Gasteiger partial charge in [0.1, 0.15) is 11.5 Å². The largest absolute Gasteiger partial charge is 0.481 e. The summed E-state index contributed by atoms with van der Waals surface area (Å²) in [6, 6.07) is 13.7. The molecule has 14 heteroatoms. The standard InChI is InChI=1S/C36H34ClF3N6O4/c1-18-21(6-5-9-24(18)43-33-31-20(16-41-46(2)35(31)48)15-29(45-33)36(38,39)40)22-7-4-8-23(32(22)37)27-14-19-10-11-26(30(19)34(44-27)49-3)42-25-12-13-50-17-28(25)47/h4-9,14-16,25-26,28,42,47H,10-13,17H2,1-3H3,(H,43,45)/t25-,26+,28+/m1/s1. The molecule has 3 aromatic heterocycles. The molecule has 1 saturated heterocycles. The third kappa shape index (κ3) is 6.19. The molecule has 3 atom stereocenters. The number of hydrogen-bond donors (Lipinski definition) is 3. The van der Waals surface area contributed by atoms with Crippen LogP contribution in [0.5, 0.6) is 5.88 Å². The maximum absolute atomic E-state index is 13.8. The molecular formula is C36H34ClF3N6O4. The molecule has 0 bridgehead atoms. The average molecular weight is 707 g/mol. The van der Waals surface area contributed by atoms with Crippen LogP contribution >= 0.6 is 11.6 Å². The molecule has 10 nitrogen and oxygen atoms in total. The fraction of sp³-hybridized carbons (Fsp3) is 0.333. The molecule has 1 aliphatic carbocycles. The van der Waals surface area contributed by atoms with E-state index in [2.05, 4.69) is 20.7 Å². The van der Waals surface area contributed by atoms with Crippen molar-refractivity contribution < 1.29 is 27.8 Å². The summed E-state index contributed by atoms with van der Waals surface area (Å²) < 4.78 is 53.7. The lowest BCUT2D eigenvalue weighted by Crippen LogP contribution is -2.47. The quantitative estimate of drug-likeness (QED) is 0.174. The summed E-state index contributed by atoms with van der Waals surface area (Å²) in [5.41, 5.74) is 4.16. The number of aliphatic hydroxyl groups excluding tert-OH is 1. The Labute approximate surface area is 290 Å². The van der Waals surface area contributed by atoms with Crippen LogP contribution in [0.25, 0.3) is 33.2 Å². The molecular weight excluding hydrogens is 673 g/mol. The Hall–Kier alpha value is -4.56. The number of halogens is 4. The lowest BCUT2D eigenvalue weighted by Gasteiger charge is -2.31.